The van der Waals surface area contributed by atoms with E-state index in [1.54, 1.807) is 45.9 Å². The molecule has 0 saturated carbocycles. The number of hydrogen-bond acceptors (Lipinski definition) is 6. The van der Waals surface area contributed by atoms with Crippen molar-refractivity contribution >= 4 is 35.2 Å². The molecule has 0 fully saturated rings. The van der Waals surface area contributed by atoms with Crippen molar-refractivity contribution in [2.24, 2.45) is 0 Å². The van der Waals surface area contributed by atoms with Gasteiger partial charge in [0.15, 0.2) is 0 Å². The number of benzene rings is 2. The molecule has 35 heavy (non-hydrogen) atoms. The van der Waals surface area contributed by atoms with Gasteiger partial charge < -0.3 is 25.6 Å². The molecular weight excluding hydrogens is 474 g/mol. The van der Waals surface area contributed by atoms with Crippen LogP contribution in [-0.2, 0) is 14.3 Å². The van der Waals surface area contributed by atoms with Crippen LogP contribution in [0.2, 0.25) is 5.02 Å². The number of aliphatic hydroxyl groups is 1. The highest BCUT2D eigenvalue weighted by Gasteiger charge is 2.36. The fourth-order valence-electron chi connectivity index (χ4n) is 3.16. The summed E-state index contributed by atoms with van der Waals surface area (Å²) in [5, 5.41) is 25.0. The number of alkyl carbamates (subject to hydrolysis) is 1. The summed E-state index contributed by atoms with van der Waals surface area (Å²) < 4.78 is 5.14. The highest BCUT2D eigenvalue weighted by Crippen LogP contribution is 2.30. The zero-order valence-corrected chi connectivity index (χ0v) is 20.6. The molecule has 0 spiro atoms. The summed E-state index contributed by atoms with van der Waals surface area (Å²) in [6.45, 7) is 5.83. The Hall–Kier alpha value is -3.74. The Labute approximate surface area is 209 Å². The number of aliphatic hydroxyl groups excluding tert-OH is 1. The number of hydrogen-bond donors (Lipinski definition) is 4. The zero-order chi connectivity index (χ0) is 26.3. The number of anilines is 1. The first kappa shape index (κ1) is 27.5. The van der Waals surface area contributed by atoms with Gasteiger partial charge in [0.1, 0.15) is 23.4 Å². The quantitative estimate of drug-likeness (QED) is 0.340. The molecule has 9 nitrogen and oxygen atoms in total. The van der Waals surface area contributed by atoms with E-state index in [2.05, 4.69) is 16.7 Å². The van der Waals surface area contributed by atoms with Crippen LogP contribution in [0.5, 0.6) is 5.75 Å². The molecule has 2 aromatic carbocycles. The summed E-state index contributed by atoms with van der Waals surface area (Å²) in [4.78, 5) is 39.6. The molecular formula is C25H28ClN3O6. The molecule has 4 N–H and O–H groups in total. The number of amides is 3. The van der Waals surface area contributed by atoms with E-state index in [9.17, 15) is 24.6 Å². The molecule has 186 valence electrons. The van der Waals surface area contributed by atoms with E-state index < -0.39 is 42.2 Å². The fourth-order valence-corrected chi connectivity index (χ4v) is 3.43. The maximum atomic E-state index is 13.4. The minimum atomic E-state index is -1.50. The van der Waals surface area contributed by atoms with Crippen molar-refractivity contribution in [1.29, 1.82) is 0 Å². The van der Waals surface area contributed by atoms with Gasteiger partial charge >= 0.3 is 6.09 Å². The third-order valence-corrected chi connectivity index (χ3v) is 5.03. The van der Waals surface area contributed by atoms with Crippen molar-refractivity contribution in [3.05, 3.63) is 58.6 Å². The molecule has 0 aliphatic heterocycles. The van der Waals surface area contributed by atoms with Gasteiger partial charge in [-0.3, -0.25) is 14.5 Å². The fraction of sp³-hybridized carbons (Fsp3) is 0.320. The van der Waals surface area contributed by atoms with Gasteiger partial charge in [-0.15, -0.1) is 0 Å². The van der Waals surface area contributed by atoms with Gasteiger partial charge in [0.2, 0.25) is 0 Å². The third kappa shape index (κ3) is 7.37. The molecule has 2 unspecified atom stereocenters. The van der Waals surface area contributed by atoms with Crippen LogP contribution in [0.3, 0.4) is 0 Å². The average molecular weight is 502 g/mol. The predicted octanol–water partition coefficient (Wildman–Crippen LogP) is 3.34. The number of phenolic OH excluding ortho intramolecular Hbond substituents is 1. The summed E-state index contributed by atoms with van der Waals surface area (Å²) in [6.07, 6.45) is 4.68. The summed E-state index contributed by atoms with van der Waals surface area (Å²) >= 11 is 6.24. The lowest BCUT2D eigenvalue weighted by molar-refractivity contribution is -0.137. The van der Waals surface area contributed by atoms with Crippen molar-refractivity contribution in [1.82, 2.24) is 10.2 Å². The Morgan fingerprint density at radius 2 is 1.86 bits per heavy atom. The Balaban J connectivity index is 2.45. The number of carbonyl (C=O) groups excluding carboxylic acids is 3. The van der Waals surface area contributed by atoms with E-state index in [1.165, 1.54) is 24.3 Å². The minimum absolute atomic E-state index is 0.163. The molecule has 2 aromatic rings. The number of aromatic hydroxyl groups is 1. The Morgan fingerprint density at radius 1 is 1.20 bits per heavy atom. The Kier molecular flexibility index (Phi) is 9.12. The molecule has 10 heteroatoms. The molecule has 0 aliphatic carbocycles. The van der Waals surface area contributed by atoms with Crippen LogP contribution in [0, 0.1) is 19.4 Å². The van der Waals surface area contributed by atoms with Crippen LogP contribution in [0.4, 0.5) is 10.5 Å². The van der Waals surface area contributed by atoms with Gasteiger partial charge in [0.25, 0.3) is 11.8 Å². The van der Waals surface area contributed by atoms with Gasteiger partial charge in [-0.2, -0.15) is 0 Å². The molecule has 2 atom stereocenters. The van der Waals surface area contributed by atoms with E-state index in [-0.39, 0.29) is 16.3 Å². The number of aryl methyl sites for hydroxylation is 1. The lowest BCUT2D eigenvalue weighted by atomic mass is 10.0. The molecule has 0 heterocycles. The number of rotatable bonds is 7. The Morgan fingerprint density at radius 3 is 2.40 bits per heavy atom. The standard InChI is InChI=1S/C25H28ClN3O6/c1-6-29(23(33)19(14-30)27-24(34)35-25(3,4)5)21(16-10-8-11-17(31)13-16)22(32)28-20-15(2)9-7-12-18(20)26/h1,7-13,19,21,30-31H,14H2,2-5H3,(H,27,34)(H,28,32). The van der Waals surface area contributed by atoms with Crippen LogP contribution in [-0.4, -0.2) is 51.3 Å². The summed E-state index contributed by atoms with van der Waals surface area (Å²) in [7, 11) is 0. The summed E-state index contributed by atoms with van der Waals surface area (Å²) in [6, 6.07) is 9.89. The monoisotopic (exact) mass is 501 g/mol. The predicted molar refractivity (Wildman–Crippen MR) is 132 cm³/mol. The molecule has 0 aliphatic rings. The number of nitrogens with zero attached hydrogens (tertiary/aromatic N) is 1. The van der Waals surface area contributed by atoms with Gasteiger partial charge in [-0.25, -0.2) is 4.79 Å². The van der Waals surface area contributed by atoms with E-state index in [1.807, 2.05) is 0 Å². The maximum Gasteiger partial charge on any atom is 0.408 e. The number of phenols is 1. The van der Waals surface area contributed by atoms with E-state index in [0.717, 1.165) is 4.90 Å². The van der Waals surface area contributed by atoms with Crippen molar-refractivity contribution in [3.63, 3.8) is 0 Å². The van der Waals surface area contributed by atoms with Crippen molar-refractivity contribution in [3.8, 4) is 18.2 Å². The van der Waals surface area contributed by atoms with Crippen LogP contribution in [0.1, 0.15) is 37.9 Å². The molecule has 2 rings (SSSR count). The SMILES string of the molecule is C#CN(C(=O)C(CO)NC(=O)OC(C)(C)C)C(C(=O)Nc1c(C)cccc1Cl)c1cccc(O)c1. The zero-order valence-electron chi connectivity index (χ0n) is 19.8. The smallest absolute Gasteiger partial charge is 0.408 e. The van der Waals surface area contributed by atoms with E-state index in [0.29, 0.717) is 11.3 Å². The summed E-state index contributed by atoms with van der Waals surface area (Å²) in [5.41, 5.74) is 0.321. The highest BCUT2D eigenvalue weighted by atomic mass is 35.5. The normalized spacial score (nSPS) is 12.6. The minimum Gasteiger partial charge on any atom is -0.508 e. The van der Waals surface area contributed by atoms with Crippen molar-refractivity contribution < 1.29 is 29.3 Å². The number of halogens is 1. The first-order valence-corrected chi connectivity index (χ1v) is 11.0. The molecule has 0 bridgehead atoms. The topological polar surface area (TPSA) is 128 Å². The number of ether oxygens (including phenoxy) is 1. The van der Waals surface area contributed by atoms with Gasteiger partial charge in [0, 0.05) is 6.04 Å². The van der Waals surface area contributed by atoms with Crippen LogP contribution in [0.15, 0.2) is 42.5 Å². The number of carbonyl (C=O) groups is 3. The van der Waals surface area contributed by atoms with Crippen molar-refractivity contribution in [2.45, 2.75) is 45.4 Å². The second-order valence-electron chi connectivity index (χ2n) is 8.64. The molecule has 0 aromatic heterocycles. The van der Waals surface area contributed by atoms with Crippen LogP contribution in [0.25, 0.3) is 0 Å². The molecule has 0 saturated heterocycles. The van der Waals surface area contributed by atoms with Gasteiger partial charge in [-0.05, 0) is 57.0 Å². The molecule has 3 amide bonds. The van der Waals surface area contributed by atoms with E-state index in [4.69, 9.17) is 22.8 Å². The Bertz CT molecular complexity index is 1120. The van der Waals surface area contributed by atoms with Crippen LogP contribution >= 0.6 is 11.6 Å². The third-order valence-electron chi connectivity index (χ3n) is 4.71. The average Bonchev–Trinajstić information content (AvgIpc) is 2.76. The first-order chi connectivity index (χ1) is 16.4. The largest absolute Gasteiger partial charge is 0.508 e. The number of terminal acetylenes is 1. The lowest BCUT2D eigenvalue weighted by Gasteiger charge is -2.30. The maximum absolute atomic E-state index is 13.4. The number of nitrogens with one attached hydrogen (secondary N) is 2. The highest BCUT2D eigenvalue weighted by molar-refractivity contribution is 6.34. The van der Waals surface area contributed by atoms with Crippen LogP contribution < -0.4 is 10.6 Å². The van der Waals surface area contributed by atoms with Gasteiger partial charge in [0.05, 0.1) is 17.3 Å². The second-order valence-corrected chi connectivity index (χ2v) is 9.04. The number of para-hydroxylation sites is 1. The summed E-state index contributed by atoms with van der Waals surface area (Å²) in [5.74, 6) is -1.84. The first-order valence-electron chi connectivity index (χ1n) is 10.6. The van der Waals surface area contributed by atoms with Gasteiger partial charge in [-0.1, -0.05) is 42.3 Å². The molecule has 0 radical (unpaired) electrons. The lowest BCUT2D eigenvalue weighted by Crippen LogP contribution is -2.52. The van der Waals surface area contributed by atoms with E-state index >= 15 is 0 Å². The van der Waals surface area contributed by atoms with Crippen molar-refractivity contribution in [2.75, 3.05) is 11.9 Å². The second kappa shape index (κ2) is 11.6.